The Labute approximate surface area is 95.8 Å². The van der Waals surface area contributed by atoms with Gasteiger partial charge in [-0.25, -0.2) is 4.68 Å². The number of aromatic nitrogens is 3. The fourth-order valence-corrected chi connectivity index (χ4v) is 1.50. The van der Waals surface area contributed by atoms with E-state index in [2.05, 4.69) is 15.2 Å². The van der Waals surface area contributed by atoms with Gasteiger partial charge in [0.05, 0.1) is 18.9 Å². The van der Waals surface area contributed by atoms with Crippen LogP contribution in [0.3, 0.4) is 0 Å². The molecule has 1 aromatic rings. The Morgan fingerprint density at radius 2 is 2.19 bits per heavy atom. The summed E-state index contributed by atoms with van der Waals surface area (Å²) < 4.78 is 6.88. The van der Waals surface area contributed by atoms with Crippen LogP contribution in [0.2, 0.25) is 0 Å². The van der Waals surface area contributed by atoms with E-state index in [4.69, 9.17) is 9.84 Å². The van der Waals surface area contributed by atoms with Gasteiger partial charge in [0, 0.05) is 13.7 Å². The van der Waals surface area contributed by atoms with Gasteiger partial charge in [0.2, 0.25) is 0 Å². The fraction of sp³-hybridized carbons (Fsp3) is 0.800. The Balaban J connectivity index is 2.60. The first-order valence-electron chi connectivity index (χ1n) is 5.34. The quantitative estimate of drug-likeness (QED) is 0.704. The van der Waals surface area contributed by atoms with Crippen LogP contribution >= 0.6 is 0 Å². The molecule has 0 bridgehead atoms. The second-order valence-electron chi connectivity index (χ2n) is 3.95. The molecule has 0 radical (unpaired) electrons. The maximum absolute atomic E-state index is 9.09. The van der Waals surface area contributed by atoms with Crippen molar-refractivity contribution in [1.82, 2.24) is 19.9 Å². The Morgan fingerprint density at radius 1 is 1.44 bits per heavy atom. The van der Waals surface area contributed by atoms with Crippen LogP contribution in [0.15, 0.2) is 0 Å². The number of ether oxygens (including phenoxy) is 1. The smallest absolute Gasteiger partial charge is 0.114 e. The summed E-state index contributed by atoms with van der Waals surface area (Å²) in [6.07, 6.45) is 0.998. The summed E-state index contributed by atoms with van der Waals surface area (Å²) in [5.41, 5.74) is 1.47. The molecular weight excluding hydrogens is 208 g/mol. The van der Waals surface area contributed by atoms with Gasteiger partial charge in [-0.2, -0.15) is 0 Å². The predicted molar refractivity (Wildman–Crippen MR) is 59.8 cm³/mol. The average Bonchev–Trinajstić information content (AvgIpc) is 2.61. The molecule has 0 aliphatic heterocycles. The van der Waals surface area contributed by atoms with E-state index in [9.17, 15) is 0 Å². The molecule has 92 valence electrons. The third-order valence-electron chi connectivity index (χ3n) is 2.32. The van der Waals surface area contributed by atoms with Crippen LogP contribution in [0, 0.1) is 0 Å². The number of hydrogen-bond acceptors (Lipinski definition) is 5. The zero-order chi connectivity index (χ0) is 12.0. The van der Waals surface area contributed by atoms with Gasteiger partial charge in [-0.05, 0) is 27.1 Å². The predicted octanol–water partition coefficient (Wildman–Crippen LogP) is -0.131. The first-order chi connectivity index (χ1) is 7.69. The molecular formula is C10H20N4O2. The number of rotatable bonds is 7. The molecule has 1 aromatic heterocycles. The summed E-state index contributed by atoms with van der Waals surface area (Å²) in [6.45, 7) is 2.14. The highest BCUT2D eigenvalue weighted by atomic mass is 16.5. The molecule has 0 aliphatic carbocycles. The monoisotopic (exact) mass is 228 g/mol. The molecule has 0 aliphatic rings. The Kier molecular flexibility index (Phi) is 5.37. The molecule has 16 heavy (non-hydrogen) atoms. The maximum Gasteiger partial charge on any atom is 0.114 e. The number of aliphatic hydroxyl groups is 1. The number of methoxy groups -OCH3 is 1. The van der Waals surface area contributed by atoms with Crippen molar-refractivity contribution in [3.8, 4) is 0 Å². The third kappa shape index (κ3) is 3.55. The molecule has 0 unspecified atom stereocenters. The highest BCUT2D eigenvalue weighted by Crippen LogP contribution is 2.07. The van der Waals surface area contributed by atoms with Gasteiger partial charge in [0.1, 0.15) is 5.69 Å². The first-order valence-corrected chi connectivity index (χ1v) is 5.34. The summed E-state index contributed by atoms with van der Waals surface area (Å²) in [6, 6.07) is 0. The molecule has 1 rings (SSSR count). The highest BCUT2D eigenvalue weighted by molar-refractivity contribution is 5.07. The van der Waals surface area contributed by atoms with Crippen LogP contribution in [0.5, 0.6) is 0 Å². The van der Waals surface area contributed by atoms with Crippen LogP contribution in [-0.2, 0) is 24.5 Å². The number of nitrogens with zero attached hydrogens (tertiary/aromatic N) is 4. The maximum atomic E-state index is 9.09. The second kappa shape index (κ2) is 6.57. The van der Waals surface area contributed by atoms with Crippen LogP contribution in [0.25, 0.3) is 0 Å². The molecule has 0 saturated heterocycles. The normalized spacial score (nSPS) is 11.3. The minimum atomic E-state index is -0.0909. The van der Waals surface area contributed by atoms with E-state index in [0.29, 0.717) is 12.3 Å². The molecule has 6 heteroatoms. The van der Waals surface area contributed by atoms with Crippen LogP contribution in [-0.4, -0.2) is 52.8 Å². The van der Waals surface area contributed by atoms with Crippen LogP contribution in [0.4, 0.5) is 0 Å². The van der Waals surface area contributed by atoms with E-state index >= 15 is 0 Å². The average molecular weight is 228 g/mol. The summed E-state index contributed by atoms with van der Waals surface area (Å²) in [7, 11) is 5.70. The van der Waals surface area contributed by atoms with Gasteiger partial charge >= 0.3 is 0 Å². The third-order valence-corrected chi connectivity index (χ3v) is 2.32. The molecule has 1 heterocycles. The van der Waals surface area contributed by atoms with E-state index in [1.807, 2.05) is 14.1 Å². The van der Waals surface area contributed by atoms with E-state index < -0.39 is 0 Å². The Bertz CT molecular complexity index is 312. The van der Waals surface area contributed by atoms with Gasteiger partial charge in [0.25, 0.3) is 0 Å². The molecule has 0 atom stereocenters. The molecule has 6 nitrogen and oxygen atoms in total. The van der Waals surface area contributed by atoms with Gasteiger partial charge < -0.3 is 14.7 Å². The number of hydrogen-bond donors (Lipinski definition) is 1. The summed E-state index contributed by atoms with van der Waals surface area (Å²) in [5.74, 6) is 0. The topological polar surface area (TPSA) is 63.4 Å². The molecule has 0 saturated carbocycles. The minimum absolute atomic E-state index is 0.0909. The number of aliphatic hydroxyl groups excluding tert-OH is 1. The summed E-state index contributed by atoms with van der Waals surface area (Å²) in [4.78, 5) is 2.12. The van der Waals surface area contributed by atoms with Crippen molar-refractivity contribution in [3.63, 3.8) is 0 Å². The van der Waals surface area contributed by atoms with Gasteiger partial charge in [-0.1, -0.05) is 5.21 Å². The zero-order valence-electron chi connectivity index (χ0n) is 10.2. The van der Waals surface area contributed by atoms with Crippen LogP contribution < -0.4 is 0 Å². The zero-order valence-corrected chi connectivity index (χ0v) is 10.2. The van der Waals surface area contributed by atoms with Gasteiger partial charge in [-0.3, -0.25) is 0 Å². The van der Waals surface area contributed by atoms with Crippen molar-refractivity contribution in [3.05, 3.63) is 11.4 Å². The lowest BCUT2D eigenvalue weighted by Gasteiger charge is -2.10. The second-order valence-corrected chi connectivity index (χ2v) is 3.95. The molecule has 1 N–H and O–H groups in total. The van der Waals surface area contributed by atoms with E-state index in [1.54, 1.807) is 11.8 Å². The largest absolute Gasteiger partial charge is 0.390 e. The number of aryl methyl sites for hydroxylation is 1. The molecule has 0 aromatic carbocycles. The van der Waals surface area contributed by atoms with Crippen molar-refractivity contribution >= 4 is 0 Å². The van der Waals surface area contributed by atoms with Crippen molar-refractivity contribution in [1.29, 1.82) is 0 Å². The summed E-state index contributed by atoms with van der Waals surface area (Å²) in [5, 5.41) is 17.0. The lowest BCUT2D eigenvalue weighted by molar-refractivity contribution is 0.172. The molecule has 0 spiro atoms. The van der Waals surface area contributed by atoms with Crippen molar-refractivity contribution < 1.29 is 9.84 Å². The minimum Gasteiger partial charge on any atom is -0.390 e. The van der Waals surface area contributed by atoms with Crippen molar-refractivity contribution in [2.75, 3.05) is 27.7 Å². The summed E-state index contributed by atoms with van der Waals surface area (Å²) >= 11 is 0. The van der Waals surface area contributed by atoms with Gasteiger partial charge in [0.15, 0.2) is 0 Å². The lowest BCUT2D eigenvalue weighted by Crippen LogP contribution is -2.16. The van der Waals surface area contributed by atoms with E-state index in [0.717, 1.165) is 25.2 Å². The SMILES string of the molecule is COCc1c(CO)nnn1CCCN(C)C. The Hall–Kier alpha value is -0.980. The van der Waals surface area contributed by atoms with E-state index in [-0.39, 0.29) is 6.61 Å². The van der Waals surface area contributed by atoms with E-state index in [1.165, 1.54) is 0 Å². The first kappa shape index (κ1) is 13.1. The Morgan fingerprint density at radius 3 is 2.75 bits per heavy atom. The fourth-order valence-electron chi connectivity index (χ4n) is 1.50. The van der Waals surface area contributed by atoms with Crippen molar-refractivity contribution in [2.45, 2.75) is 26.2 Å². The van der Waals surface area contributed by atoms with Crippen LogP contribution in [0.1, 0.15) is 17.8 Å². The van der Waals surface area contributed by atoms with Gasteiger partial charge in [-0.15, -0.1) is 5.10 Å². The lowest BCUT2D eigenvalue weighted by atomic mass is 10.3. The molecule has 0 fully saturated rings. The standard InChI is InChI=1S/C10H20N4O2/c1-13(2)5-4-6-14-10(8-16-3)9(7-15)11-12-14/h15H,4-8H2,1-3H3. The molecule has 0 amide bonds. The highest BCUT2D eigenvalue weighted by Gasteiger charge is 2.11. The van der Waals surface area contributed by atoms with Crippen molar-refractivity contribution in [2.24, 2.45) is 0 Å².